The lowest BCUT2D eigenvalue weighted by Gasteiger charge is -2.04. The van der Waals surface area contributed by atoms with E-state index >= 15 is 0 Å². The van der Waals surface area contributed by atoms with E-state index in [1.807, 2.05) is 24.4 Å². The van der Waals surface area contributed by atoms with Crippen molar-refractivity contribution in [3.63, 3.8) is 0 Å². The lowest BCUT2D eigenvalue weighted by molar-refractivity contribution is 0.601. The highest BCUT2D eigenvalue weighted by Gasteiger charge is 2.18. The maximum Gasteiger partial charge on any atom is 0.264 e. The summed E-state index contributed by atoms with van der Waals surface area (Å²) in [6, 6.07) is 13.9. The van der Waals surface area contributed by atoms with Crippen LogP contribution in [0.2, 0.25) is 5.02 Å². The number of sulfonamides is 1. The molecule has 4 aromatic rings. The summed E-state index contributed by atoms with van der Waals surface area (Å²) in [6.45, 7) is 1.90. The summed E-state index contributed by atoms with van der Waals surface area (Å²) in [5.41, 5.74) is 2.71. The average Bonchev–Trinajstić information content (AvgIpc) is 3.15. The van der Waals surface area contributed by atoms with Crippen molar-refractivity contribution in [2.24, 2.45) is 0 Å². The van der Waals surface area contributed by atoms with Crippen LogP contribution < -0.4 is 4.72 Å². The number of hydrogen-bond donors (Lipinski definition) is 1. The molecule has 0 atom stereocenters. The molecule has 0 unspecified atom stereocenters. The SMILES string of the molecule is Cc1ccc(S(=O)(=O)Nc2nc3scc(-c4ccc(Cl)cc4)n3n2)cc1. The molecule has 0 bridgehead atoms. The zero-order valence-corrected chi connectivity index (χ0v) is 15.9. The van der Waals surface area contributed by atoms with Gasteiger partial charge in [-0.15, -0.1) is 16.4 Å². The predicted octanol–water partition coefficient (Wildman–Crippen LogP) is 4.22. The normalized spacial score (nSPS) is 11.8. The monoisotopic (exact) mass is 404 g/mol. The standard InChI is InChI=1S/C17H13ClN4O2S2/c1-11-2-8-14(9-3-11)26(23,24)21-16-19-17-22(20-16)15(10-25-17)12-4-6-13(18)7-5-12/h2-10H,1H3,(H,20,21). The highest BCUT2D eigenvalue weighted by Crippen LogP contribution is 2.27. The van der Waals surface area contributed by atoms with Gasteiger partial charge in [0.15, 0.2) is 0 Å². The molecule has 0 aliphatic carbocycles. The molecule has 6 nitrogen and oxygen atoms in total. The van der Waals surface area contributed by atoms with E-state index < -0.39 is 10.0 Å². The summed E-state index contributed by atoms with van der Waals surface area (Å²) in [4.78, 5) is 5.02. The number of aromatic nitrogens is 3. The highest BCUT2D eigenvalue weighted by molar-refractivity contribution is 7.92. The first-order chi connectivity index (χ1) is 12.4. The molecule has 2 aromatic heterocycles. The van der Waals surface area contributed by atoms with Crippen LogP contribution in [0.1, 0.15) is 5.56 Å². The van der Waals surface area contributed by atoms with Crippen molar-refractivity contribution < 1.29 is 8.42 Å². The number of fused-ring (bicyclic) bond motifs is 1. The fraction of sp³-hybridized carbons (Fsp3) is 0.0588. The summed E-state index contributed by atoms with van der Waals surface area (Å²) in [7, 11) is -3.74. The van der Waals surface area contributed by atoms with Crippen molar-refractivity contribution >= 4 is 43.9 Å². The molecular formula is C17H13ClN4O2S2. The van der Waals surface area contributed by atoms with E-state index in [9.17, 15) is 8.42 Å². The van der Waals surface area contributed by atoms with Crippen LogP contribution >= 0.6 is 22.9 Å². The molecule has 0 aliphatic rings. The number of anilines is 1. The molecule has 0 radical (unpaired) electrons. The average molecular weight is 405 g/mol. The van der Waals surface area contributed by atoms with Crippen LogP contribution in [0.25, 0.3) is 16.2 Å². The Bertz CT molecular complexity index is 1180. The number of thiazole rings is 1. The fourth-order valence-corrected chi connectivity index (χ4v) is 4.34. The van der Waals surface area contributed by atoms with Crippen molar-refractivity contribution in [2.45, 2.75) is 11.8 Å². The van der Waals surface area contributed by atoms with Gasteiger partial charge < -0.3 is 0 Å². The molecule has 1 N–H and O–H groups in total. The van der Waals surface area contributed by atoms with Crippen LogP contribution in [0.15, 0.2) is 58.8 Å². The quantitative estimate of drug-likeness (QED) is 0.552. The topological polar surface area (TPSA) is 76.4 Å². The second-order valence-electron chi connectivity index (χ2n) is 5.68. The molecule has 2 aromatic carbocycles. The molecule has 0 spiro atoms. The van der Waals surface area contributed by atoms with Gasteiger partial charge in [0.25, 0.3) is 16.0 Å². The minimum atomic E-state index is -3.74. The van der Waals surface area contributed by atoms with Crippen LogP contribution in [0.5, 0.6) is 0 Å². The Balaban J connectivity index is 1.68. The summed E-state index contributed by atoms with van der Waals surface area (Å²) in [5.74, 6) is 0.0349. The smallest absolute Gasteiger partial charge is 0.246 e. The first-order valence-electron chi connectivity index (χ1n) is 7.62. The van der Waals surface area contributed by atoms with E-state index in [2.05, 4.69) is 14.8 Å². The molecule has 26 heavy (non-hydrogen) atoms. The lowest BCUT2D eigenvalue weighted by Crippen LogP contribution is -2.14. The fourth-order valence-electron chi connectivity index (χ4n) is 2.44. The Morgan fingerprint density at radius 1 is 1.08 bits per heavy atom. The van der Waals surface area contributed by atoms with Crippen LogP contribution in [-0.2, 0) is 10.0 Å². The van der Waals surface area contributed by atoms with Crippen molar-refractivity contribution in [3.8, 4) is 11.3 Å². The molecule has 0 saturated heterocycles. The van der Waals surface area contributed by atoms with Crippen LogP contribution in [-0.4, -0.2) is 23.0 Å². The second kappa shape index (κ2) is 6.39. The Morgan fingerprint density at radius 2 is 1.77 bits per heavy atom. The maximum atomic E-state index is 12.5. The van der Waals surface area contributed by atoms with Gasteiger partial charge >= 0.3 is 0 Å². The van der Waals surface area contributed by atoms with Gasteiger partial charge in [-0.05, 0) is 31.2 Å². The highest BCUT2D eigenvalue weighted by atomic mass is 35.5. The molecule has 4 rings (SSSR count). The van der Waals surface area contributed by atoms with Crippen LogP contribution in [0.3, 0.4) is 0 Å². The van der Waals surface area contributed by atoms with Gasteiger partial charge in [0.05, 0.1) is 10.6 Å². The predicted molar refractivity (Wildman–Crippen MR) is 103 cm³/mol. The van der Waals surface area contributed by atoms with E-state index in [1.54, 1.807) is 40.9 Å². The van der Waals surface area contributed by atoms with Gasteiger partial charge in [0.1, 0.15) is 0 Å². The third-order valence-electron chi connectivity index (χ3n) is 3.78. The van der Waals surface area contributed by atoms with E-state index in [0.717, 1.165) is 16.8 Å². The number of halogens is 1. The Kier molecular flexibility index (Phi) is 4.18. The number of nitrogens with zero attached hydrogens (tertiary/aromatic N) is 3. The van der Waals surface area contributed by atoms with Crippen molar-refractivity contribution in [1.29, 1.82) is 0 Å². The number of aryl methyl sites for hydroxylation is 1. The van der Waals surface area contributed by atoms with Crippen molar-refractivity contribution in [1.82, 2.24) is 14.6 Å². The van der Waals surface area contributed by atoms with E-state index in [-0.39, 0.29) is 10.8 Å². The number of rotatable bonds is 4. The van der Waals surface area contributed by atoms with Gasteiger partial charge in [-0.25, -0.2) is 17.7 Å². The number of benzene rings is 2. The second-order valence-corrected chi connectivity index (χ2v) is 8.63. The van der Waals surface area contributed by atoms with Gasteiger partial charge in [-0.1, -0.05) is 41.4 Å². The van der Waals surface area contributed by atoms with Gasteiger partial charge in [0.2, 0.25) is 4.96 Å². The third-order valence-corrected chi connectivity index (χ3v) is 6.19. The first-order valence-corrected chi connectivity index (χ1v) is 10.4. The number of hydrogen-bond acceptors (Lipinski definition) is 5. The Morgan fingerprint density at radius 3 is 2.46 bits per heavy atom. The molecule has 0 fully saturated rings. The van der Waals surface area contributed by atoms with Crippen LogP contribution in [0.4, 0.5) is 5.95 Å². The van der Waals surface area contributed by atoms with Crippen LogP contribution in [0, 0.1) is 6.92 Å². The lowest BCUT2D eigenvalue weighted by atomic mass is 10.2. The van der Waals surface area contributed by atoms with Gasteiger partial charge in [-0.3, -0.25) is 0 Å². The van der Waals surface area contributed by atoms with E-state index in [0.29, 0.717) is 9.98 Å². The summed E-state index contributed by atoms with van der Waals surface area (Å²) in [6.07, 6.45) is 0. The zero-order valence-electron chi connectivity index (χ0n) is 13.5. The largest absolute Gasteiger partial charge is 0.264 e. The summed E-state index contributed by atoms with van der Waals surface area (Å²) < 4.78 is 29.0. The van der Waals surface area contributed by atoms with E-state index in [1.165, 1.54) is 11.3 Å². The molecule has 0 aliphatic heterocycles. The molecule has 132 valence electrons. The van der Waals surface area contributed by atoms with Crippen molar-refractivity contribution in [2.75, 3.05) is 4.72 Å². The Labute approximate surface area is 159 Å². The minimum Gasteiger partial charge on any atom is -0.246 e. The molecule has 0 saturated carbocycles. The molecule has 0 amide bonds. The Hall–Kier alpha value is -2.42. The summed E-state index contributed by atoms with van der Waals surface area (Å²) >= 11 is 7.31. The summed E-state index contributed by atoms with van der Waals surface area (Å²) in [5, 5.41) is 6.85. The van der Waals surface area contributed by atoms with Crippen molar-refractivity contribution in [3.05, 3.63) is 64.5 Å². The number of nitrogens with one attached hydrogen (secondary N) is 1. The molecule has 2 heterocycles. The van der Waals surface area contributed by atoms with Gasteiger partial charge in [-0.2, -0.15) is 4.98 Å². The maximum absolute atomic E-state index is 12.5. The molecular weight excluding hydrogens is 392 g/mol. The van der Waals surface area contributed by atoms with Gasteiger partial charge in [0, 0.05) is 16.0 Å². The minimum absolute atomic E-state index is 0.0349. The first kappa shape index (κ1) is 17.0. The molecule has 9 heteroatoms. The van der Waals surface area contributed by atoms with E-state index in [4.69, 9.17) is 11.6 Å². The third kappa shape index (κ3) is 3.18. The zero-order chi connectivity index (χ0) is 18.3.